The van der Waals surface area contributed by atoms with Gasteiger partial charge in [0, 0.05) is 5.56 Å². The van der Waals surface area contributed by atoms with Gasteiger partial charge in [0.2, 0.25) is 0 Å². The summed E-state index contributed by atoms with van der Waals surface area (Å²) in [6.45, 7) is 10.8. The van der Waals surface area contributed by atoms with Crippen molar-refractivity contribution in [3.8, 4) is 0 Å². The molecule has 0 radical (unpaired) electrons. The van der Waals surface area contributed by atoms with Crippen molar-refractivity contribution in [2.75, 3.05) is 14.1 Å². The Morgan fingerprint density at radius 2 is 1.62 bits per heavy atom. The number of benzene rings is 1. The molecule has 1 heteroatoms. The van der Waals surface area contributed by atoms with E-state index >= 15 is 0 Å². The number of quaternary nitrogens is 1. The molecule has 1 rings (SSSR count). The first kappa shape index (κ1) is 13.0. The Bertz CT molecular complexity index is 343. The second-order valence-electron chi connectivity index (χ2n) is 5.80. The van der Waals surface area contributed by atoms with Gasteiger partial charge in [-0.3, -0.25) is 0 Å². The van der Waals surface area contributed by atoms with Crippen LogP contribution in [0.4, 0.5) is 0 Å². The minimum atomic E-state index is 0.189. The molecule has 0 heterocycles. The van der Waals surface area contributed by atoms with Crippen LogP contribution in [0.2, 0.25) is 0 Å². The highest BCUT2D eigenvalue weighted by Gasteiger charge is 2.38. The molecule has 16 heavy (non-hydrogen) atoms. The standard InChI is InChI=1S/C15H24N/c1-7-14(13-11-9-8-10-12-13)16(5,6)15(2,3)4/h7-12,14H,1H2,2-6H3/q+1. The lowest BCUT2D eigenvalue weighted by molar-refractivity contribution is -0.958. The average molecular weight is 218 g/mol. The Balaban J connectivity index is 3.14. The van der Waals surface area contributed by atoms with Gasteiger partial charge >= 0.3 is 0 Å². The van der Waals surface area contributed by atoms with Crippen molar-refractivity contribution in [1.82, 2.24) is 0 Å². The number of hydrogen-bond acceptors (Lipinski definition) is 0. The molecule has 1 atom stereocenters. The van der Waals surface area contributed by atoms with E-state index in [0.29, 0.717) is 6.04 Å². The smallest absolute Gasteiger partial charge is 0.133 e. The topological polar surface area (TPSA) is 0 Å². The highest BCUT2D eigenvalue weighted by molar-refractivity contribution is 5.20. The lowest BCUT2D eigenvalue weighted by Gasteiger charge is -2.47. The molecule has 0 aromatic heterocycles. The van der Waals surface area contributed by atoms with Crippen molar-refractivity contribution in [3.63, 3.8) is 0 Å². The maximum Gasteiger partial charge on any atom is 0.133 e. The summed E-state index contributed by atoms with van der Waals surface area (Å²) in [4.78, 5) is 0. The fourth-order valence-corrected chi connectivity index (χ4v) is 1.84. The van der Waals surface area contributed by atoms with E-state index in [4.69, 9.17) is 0 Å². The average Bonchev–Trinajstić information content (AvgIpc) is 2.18. The molecule has 0 bridgehead atoms. The second-order valence-corrected chi connectivity index (χ2v) is 5.80. The first-order valence-electron chi connectivity index (χ1n) is 5.82. The van der Waals surface area contributed by atoms with Crippen LogP contribution < -0.4 is 0 Å². The molecule has 0 spiro atoms. The zero-order chi connectivity index (χ0) is 12.4. The van der Waals surface area contributed by atoms with Gasteiger partial charge in [0.1, 0.15) is 6.04 Å². The maximum absolute atomic E-state index is 4.00. The maximum atomic E-state index is 4.00. The van der Waals surface area contributed by atoms with Crippen molar-refractivity contribution < 1.29 is 4.48 Å². The predicted octanol–water partition coefficient (Wildman–Crippen LogP) is 3.79. The normalized spacial score (nSPS) is 14.6. The van der Waals surface area contributed by atoms with Crippen LogP contribution in [0.5, 0.6) is 0 Å². The molecule has 0 saturated carbocycles. The number of rotatable bonds is 3. The van der Waals surface area contributed by atoms with Crippen LogP contribution >= 0.6 is 0 Å². The van der Waals surface area contributed by atoms with Crippen molar-refractivity contribution in [3.05, 3.63) is 48.6 Å². The predicted molar refractivity (Wildman–Crippen MR) is 71.2 cm³/mol. The first-order valence-corrected chi connectivity index (χ1v) is 5.82. The van der Waals surface area contributed by atoms with Crippen molar-refractivity contribution >= 4 is 0 Å². The van der Waals surface area contributed by atoms with E-state index in [0.717, 1.165) is 4.48 Å². The molecule has 0 fully saturated rings. The molecule has 0 aliphatic heterocycles. The number of likely N-dealkylation sites (N-methyl/N-ethyl adjacent to an activating group) is 1. The summed E-state index contributed by atoms with van der Waals surface area (Å²) in [5.74, 6) is 0. The molecular weight excluding hydrogens is 194 g/mol. The van der Waals surface area contributed by atoms with E-state index in [1.165, 1.54) is 5.56 Å². The Morgan fingerprint density at radius 3 is 2.00 bits per heavy atom. The molecular formula is C15H24N+. The summed E-state index contributed by atoms with van der Waals surface area (Å²) in [6.07, 6.45) is 2.06. The van der Waals surface area contributed by atoms with Crippen molar-refractivity contribution in [2.45, 2.75) is 32.4 Å². The van der Waals surface area contributed by atoms with Crippen LogP contribution in [0.25, 0.3) is 0 Å². The molecule has 0 aliphatic carbocycles. The largest absolute Gasteiger partial charge is 0.315 e. The highest BCUT2D eigenvalue weighted by atomic mass is 15.4. The molecule has 1 aromatic carbocycles. The van der Waals surface area contributed by atoms with E-state index in [1.54, 1.807) is 0 Å². The van der Waals surface area contributed by atoms with Gasteiger partial charge in [-0.2, -0.15) is 0 Å². The SMILES string of the molecule is C=CC(c1ccccc1)[N+](C)(C)C(C)(C)C. The third-order valence-corrected chi connectivity index (χ3v) is 3.79. The zero-order valence-corrected chi connectivity index (χ0v) is 11.2. The zero-order valence-electron chi connectivity index (χ0n) is 11.2. The Hall–Kier alpha value is -1.08. The molecule has 0 aliphatic rings. The molecule has 1 unspecified atom stereocenters. The lowest BCUT2D eigenvalue weighted by atomic mass is 9.95. The highest BCUT2D eigenvalue weighted by Crippen LogP contribution is 2.33. The molecule has 1 nitrogen and oxygen atoms in total. The van der Waals surface area contributed by atoms with Gasteiger partial charge < -0.3 is 4.48 Å². The molecule has 0 amide bonds. The van der Waals surface area contributed by atoms with Gasteiger partial charge in [0.25, 0.3) is 0 Å². The summed E-state index contributed by atoms with van der Waals surface area (Å²) in [5, 5.41) is 0. The lowest BCUT2D eigenvalue weighted by Crippen LogP contribution is -2.55. The van der Waals surface area contributed by atoms with E-state index in [-0.39, 0.29) is 5.54 Å². The van der Waals surface area contributed by atoms with Crippen LogP contribution in [0.15, 0.2) is 43.0 Å². The Labute approximate surface area is 100.0 Å². The summed E-state index contributed by atoms with van der Waals surface area (Å²) < 4.78 is 0.903. The van der Waals surface area contributed by atoms with Gasteiger partial charge in [-0.25, -0.2) is 0 Å². The van der Waals surface area contributed by atoms with E-state index in [2.05, 4.69) is 77.9 Å². The fourth-order valence-electron chi connectivity index (χ4n) is 1.84. The molecule has 0 N–H and O–H groups in total. The monoisotopic (exact) mass is 218 g/mol. The fraction of sp³-hybridized carbons (Fsp3) is 0.467. The van der Waals surface area contributed by atoms with Gasteiger partial charge in [-0.1, -0.05) is 36.9 Å². The molecule has 1 aromatic rings. The quantitative estimate of drug-likeness (QED) is 0.535. The Kier molecular flexibility index (Phi) is 3.59. The van der Waals surface area contributed by atoms with Gasteiger partial charge in [0.15, 0.2) is 0 Å². The first-order chi connectivity index (χ1) is 7.30. The van der Waals surface area contributed by atoms with Crippen LogP contribution in [0.1, 0.15) is 32.4 Å². The van der Waals surface area contributed by atoms with Crippen LogP contribution in [0, 0.1) is 0 Å². The van der Waals surface area contributed by atoms with Gasteiger partial charge in [-0.15, -0.1) is 0 Å². The van der Waals surface area contributed by atoms with Gasteiger partial charge in [-0.05, 0) is 26.8 Å². The molecule has 0 saturated heterocycles. The Morgan fingerprint density at radius 1 is 1.12 bits per heavy atom. The summed E-state index contributed by atoms with van der Waals surface area (Å²) >= 11 is 0. The summed E-state index contributed by atoms with van der Waals surface area (Å²) in [7, 11) is 4.53. The van der Waals surface area contributed by atoms with E-state index in [1.807, 2.05) is 0 Å². The third kappa shape index (κ3) is 2.35. The van der Waals surface area contributed by atoms with Crippen molar-refractivity contribution in [2.24, 2.45) is 0 Å². The second kappa shape index (κ2) is 4.42. The number of nitrogens with zero attached hydrogens (tertiary/aromatic N) is 1. The summed E-state index contributed by atoms with van der Waals surface area (Å²) in [5.41, 5.74) is 1.52. The number of hydrogen-bond donors (Lipinski definition) is 0. The van der Waals surface area contributed by atoms with E-state index in [9.17, 15) is 0 Å². The van der Waals surface area contributed by atoms with Crippen LogP contribution in [0.3, 0.4) is 0 Å². The molecule has 88 valence electrons. The van der Waals surface area contributed by atoms with E-state index < -0.39 is 0 Å². The van der Waals surface area contributed by atoms with Gasteiger partial charge in [0.05, 0.1) is 19.6 Å². The van der Waals surface area contributed by atoms with Crippen LogP contribution in [-0.2, 0) is 0 Å². The minimum Gasteiger partial charge on any atom is -0.315 e. The van der Waals surface area contributed by atoms with Crippen molar-refractivity contribution in [1.29, 1.82) is 0 Å². The summed E-state index contributed by atoms with van der Waals surface area (Å²) in [6, 6.07) is 10.9. The third-order valence-electron chi connectivity index (χ3n) is 3.79. The minimum absolute atomic E-state index is 0.189. The van der Waals surface area contributed by atoms with Crippen LogP contribution in [-0.4, -0.2) is 24.1 Å².